The van der Waals surface area contributed by atoms with Crippen molar-refractivity contribution in [1.29, 1.82) is 0 Å². The minimum absolute atomic E-state index is 0.0571. The van der Waals surface area contributed by atoms with Crippen molar-refractivity contribution in [3.05, 3.63) is 148 Å². The number of fused-ring (bicyclic) bond motifs is 1. The SMILES string of the molecule is CCC(COc1cc(-c2oc3cc(OCc4ccccc4)cc(O)c3c(=O)c2OCc2ccccc2)ccc1OCc1ccccc1)C(=O)O. The number of aromatic hydroxyl groups is 1. The van der Waals surface area contributed by atoms with Gasteiger partial charge in [0, 0.05) is 17.7 Å². The first kappa shape index (κ1) is 33.7. The molecule has 0 bridgehead atoms. The second-order valence-corrected chi connectivity index (χ2v) is 11.6. The Morgan fingerprint density at radius 3 is 1.86 bits per heavy atom. The highest BCUT2D eigenvalue weighted by atomic mass is 16.5. The largest absolute Gasteiger partial charge is 0.507 e. The number of benzene rings is 5. The summed E-state index contributed by atoms with van der Waals surface area (Å²) in [5.74, 6) is -1.13. The number of phenols is 1. The van der Waals surface area contributed by atoms with Crippen molar-refractivity contribution in [2.45, 2.75) is 33.2 Å². The monoisotopic (exact) mass is 672 g/mol. The first-order valence-corrected chi connectivity index (χ1v) is 16.2. The van der Waals surface area contributed by atoms with Crippen molar-refractivity contribution in [1.82, 2.24) is 0 Å². The third-order valence-corrected chi connectivity index (χ3v) is 8.11. The van der Waals surface area contributed by atoms with Gasteiger partial charge in [-0.1, -0.05) is 97.9 Å². The lowest BCUT2D eigenvalue weighted by Gasteiger charge is -2.18. The maximum Gasteiger partial charge on any atom is 0.309 e. The van der Waals surface area contributed by atoms with Crippen LogP contribution in [0, 0.1) is 5.92 Å². The van der Waals surface area contributed by atoms with Crippen LogP contribution in [0.3, 0.4) is 0 Å². The Labute approximate surface area is 288 Å². The van der Waals surface area contributed by atoms with E-state index >= 15 is 0 Å². The van der Waals surface area contributed by atoms with Crippen LogP contribution in [0.15, 0.2) is 131 Å². The fourth-order valence-electron chi connectivity index (χ4n) is 5.30. The van der Waals surface area contributed by atoms with E-state index in [9.17, 15) is 19.8 Å². The molecule has 0 amide bonds. The van der Waals surface area contributed by atoms with Gasteiger partial charge < -0.3 is 33.6 Å². The van der Waals surface area contributed by atoms with Crippen molar-refractivity contribution in [2.24, 2.45) is 5.92 Å². The fourth-order valence-corrected chi connectivity index (χ4v) is 5.30. The maximum absolute atomic E-state index is 14.1. The topological polar surface area (TPSA) is 125 Å². The molecule has 5 aromatic carbocycles. The van der Waals surface area contributed by atoms with Crippen molar-refractivity contribution in [3.8, 4) is 40.1 Å². The van der Waals surface area contributed by atoms with Crippen LogP contribution < -0.4 is 24.4 Å². The molecule has 0 aliphatic rings. The Bertz CT molecular complexity index is 2110. The van der Waals surface area contributed by atoms with E-state index in [2.05, 4.69) is 0 Å². The molecular formula is C41H36O9. The molecule has 6 aromatic rings. The molecule has 0 radical (unpaired) electrons. The summed E-state index contributed by atoms with van der Waals surface area (Å²) < 4.78 is 30.6. The summed E-state index contributed by atoms with van der Waals surface area (Å²) in [7, 11) is 0. The maximum atomic E-state index is 14.1. The number of carbonyl (C=O) groups is 1. The van der Waals surface area contributed by atoms with Crippen molar-refractivity contribution in [2.75, 3.05) is 6.61 Å². The van der Waals surface area contributed by atoms with E-state index in [4.69, 9.17) is 23.4 Å². The fraction of sp³-hybridized carbons (Fsp3) is 0.171. The van der Waals surface area contributed by atoms with Crippen molar-refractivity contribution >= 4 is 16.9 Å². The molecule has 50 heavy (non-hydrogen) atoms. The van der Waals surface area contributed by atoms with Crippen LogP contribution in [-0.2, 0) is 24.6 Å². The normalized spacial score (nSPS) is 11.5. The van der Waals surface area contributed by atoms with Crippen LogP contribution in [0.4, 0.5) is 0 Å². The lowest BCUT2D eigenvalue weighted by atomic mass is 10.1. The lowest BCUT2D eigenvalue weighted by Crippen LogP contribution is -2.20. The molecule has 0 fully saturated rings. The molecule has 1 heterocycles. The predicted molar refractivity (Wildman–Crippen MR) is 189 cm³/mol. The zero-order valence-corrected chi connectivity index (χ0v) is 27.4. The molecule has 0 aliphatic carbocycles. The molecule has 0 saturated heterocycles. The Morgan fingerprint density at radius 2 is 1.28 bits per heavy atom. The van der Waals surface area contributed by atoms with Gasteiger partial charge in [-0.2, -0.15) is 0 Å². The number of hydrogen-bond acceptors (Lipinski definition) is 8. The van der Waals surface area contributed by atoms with Crippen molar-refractivity contribution < 1.29 is 38.4 Å². The van der Waals surface area contributed by atoms with E-state index in [1.165, 1.54) is 6.07 Å². The molecule has 2 N–H and O–H groups in total. The average molecular weight is 673 g/mol. The number of carboxylic acids is 1. The van der Waals surface area contributed by atoms with Gasteiger partial charge in [0.15, 0.2) is 17.3 Å². The Morgan fingerprint density at radius 1 is 0.700 bits per heavy atom. The van der Waals surface area contributed by atoms with E-state index < -0.39 is 17.3 Å². The van der Waals surface area contributed by atoms with E-state index in [1.54, 1.807) is 31.2 Å². The van der Waals surface area contributed by atoms with E-state index in [-0.39, 0.29) is 60.4 Å². The third kappa shape index (κ3) is 8.07. The number of carboxylic acid groups (broad SMARTS) is 1. The van der Waals surface area contributed by atoms with Gasteiger partial charge in [-0.3, -0.25) is 9.59 Å². The third-order valence-electron chi connectivity index (χ3n) is 8.11. The van der Waals surface area contributed by atoms with Gasteiger partial charge in [0.05, 0.1) is 5.92 Å². The summed E-state index contributed by atoms with van der Waals surface area (Å²) in [6, 6.07) is 36.4. The van der Waals surface area contributed by atoms with Gasteiger partial charge in [-0.15, -0.1) is 0 Å². The number of aliphatic carboxylic acids is 1. The van der Waals surface area contributed by atoms with Crippen LogP contribution in [-0.4, -0.2) is 22.8 Å². The number of rotatable bonds is 15. The number of ether oxygens (including phenoxy) is 4. The zero-order valence-electron chi connectivity index (χ0n) is 27.4. The van der Waals surface area contributed by atoms with Gasteiger partial charge >= 0.3 is 5.97 Å². The highest BCUT2D eigenvalue weighted by Crippen LogP contribution is 2.40. The Kier molecular flexibility index (Phi) is 10.6. The summed E-state index contributed by atoms with van der Waals surface area (Å²) in [5.41, 5.74) is 2.60. The molecule has 9 heteroatoms. The van der Waals surface area contributed by atoms with E-state index in [0.717, 1.165) is 16.7 Å². The summed E-state index contributed by atoms with van der Waals surface area (Å²) in [5, 5.41) is 20.7. The molecule has 1 aromatic heterocycles. The quantitative estimate of drug-likeness (QED) is 0.111. The number of phenolic OH excluding ortho intramolecular Hbond substituents is 1. The van der Waals surface area contributed by atoms with Crippen LogP contribution in [0.2, 0.25) is 0 Å². The first-order chi connectivity index (χ1) is 24.4. The molecule has 0 aliphatic heterocycles. The highest BCUT2D eigenvalue weighted by molar-refractivity contribution is 5.88. The van der Waals surface area contributed by atoms with Crippen LogP contribution in [0.25, 0.3) is 22.3 Å². The standard InChI is InChI=1S/C41H36O9/c1-2-30(41(44)45)26-48-35-20-31(18-19-34(35)47-24-28-14-8-4-9-15-28)39-40(49-25-29-16-10-5-11-17-29)38(43)37-33(42)21-32(22-36(37)50-39)46-23-27-12-6-3-7-13-27/h3-22,30,42H,2,23-26H2,1H3,(H,44,45). The molecular weight excluding hydrogens is 636 g/mol. The Hall–Kier alpha value is -6.22. The Balaban J connectivity index is 1.42. The smallest absolute Gasteiger partial charge is 0.309 e. The van der Waals surface area contributed by atoms with E-state index in [1.807, 2.05) is 91.0 Å². The molecule has 9 nitrogen and oxygen atoms in total. The minimum atomic E-state index is -0.974. The molecule has 1 unspecified atom stereocenters. The summed E-state index contributed by atoms with van der Waals surface area (Å²) in [6.45, 7) is 2.21. The van der Waals surface area contributed by atoms with Crippen LogP contribution in [0.5, 0.6) is 28.7 Å². The average Bonchev–Trinajstić information content (AvgIpc) is 3.14. The van der Waals surface area contributed by atoms with Gasteiger partial charge in [0.25, 0.3) is 0 Å². The second-order valence-electron chi connectivity index (χ2n) is 11.6. The lowest BCUT2D eigenvalue weighted by molar-refractivity contribution is -0.142. The van der Waals surface area contributed by atoms with Crippen LogP contribution >= 0.6 is 0 Å². The molecule has 254 valence electrons. The van der Waals surface area contributed by atoms with E-state index in [0.29, 0.717) is 23.5 Å². The summed E-state index contributed by atoms with van der Waals surface area (Å²) in [6.07, 6.45) is 0.365. The second kappa shape index (κ2) is 15.8. The molecule has 6 rings (SSSR count). The summed E-state index contributed by atoms with van der Waals surface area (Å²) in [4.78, 5) is 25.9. The van der Waals surface area contributed by atoms with Crippen molar-refractivity contribution in [3.63, 3.8) is 0 Å². The zero-order chi connectivity index (χ0) is 34.9. The predicted octanol–water partition coefficient (Wildman–Crippen LogP) is 8.39. The van der Waals surface area contributed by atoms with Gasteiger partial charge in [0.2, 0.25) is 11.2 Å². The van der Waals surface area contributed by atoms with Gasteiger partial charge in [0.1, 0.15) is 48.9 Å². The van der Waals surface area contributed by atoms with Crippen LogP contribution in [0.1, 0.15) is 30.0 Å². The van der Waals surface area contributed by atoms with Gasteiger partial charge in [-0.05, 0) is 41.3 Å². The first-order valence-electron chi connectivity index (χ1n) is 16.2. The molecule has 1 atom stereocenters. The highest BCUT2D eigenvalue weighted by Gasteiger charge is 2.24. The molecule has 0 saturated carbocycles. The summed E-state index contributed by atoms with van der Waals surface area (Å²) >= 11 is 0. The van der Waals surface area contributed by atoms with Gasteiger partial charge in [-0.25, -0.2) is 0 Å². The minimum Gasteiger partial charge on any atom is -0.507 e. The molecule has 0 spiro atoms. The number of hydrogen-bond donors (Lipinski definition) is 2.